The number of fused-ring (bicyclic) bond motifs is 1. The predicted octanol–water partition coefficient (Wildman–Crippen LogP) is 4.67. The Morgan fingerprint density at radius 2 is 1.96 bits per heavy atom. The molecule has 0 unspecified atom stereocenters. The number of nitrogens with zero attached hydrogens (tertiary/aromatic N) is 2. The van der Waals surface area contributed by atoms with Crippen molar-refractivity contribution in [2.24, 2.45) is 5.92 Å². The van der Waals surface area contributed by atoms with Crippen molar-refractivity contribution in [1.29, 1.82) is 0 Å². The first-order chi connectivity index (χ1) is 11.8. The van der Waals surface area contributed by atoms with Crippen LogP contribution < -0.4 is 0 Å². The Balaban J connectivity index is 1.39. The molecule has 0 spiro atoms. The van der Waals surface area contributed by atoms with E-state index in [1.165, 1.54) is 42.4 Å². The van der Waals surface area contributed by atoms with Crippen molar-refractivity contribution in [1.82, 2.24) is 15.1 Å². The third-order valence-corrected chi connectivity index (χ3v) is 5.20. The lowest BCUT2D eigenvalue weighted by Crippen LogP contribution is -2.35. The summed E-state index contributed by atoms with van der Waals surface area (Å²) >= 11 is 5.98. The molecule has 4 rings (SSSR count). The van der Waals surface area contributed by atoms with Crippen molar-refractivity contribution in [2.45, 2.75) is 25.8 Å². The molecule has 1 aliphatic heterocycles. The molecule has 0 amide bonds. The van der Waals surface area contributed by atoms with Crippen LogP contribution in [0.25, 0.3) is 10.9 Å². The average Bonchev–Trinajstić information content (AvgIpc) is 3.05. The number of aromatic amines is 1. The maximum absolute atomic E-state index is 5.98. The van der Waals surface area contributed by atoms with Crippen LogP contribution in [-0.4, -0.2) is 28.2 Å². The molecule has 0 bridgehead atoms. The lowest BCUT2D eigenvalue weighted by atomic mass is 9.90. The smallest absolute Gasteiger partial charge is 0.0650 e. The van der Waals surface area contributed by atoms with Crippen molar-refractivity contribution >= 4 is 22.5 Å². The number of likely N-dealkylation sites (tertiary alicyclic amines) is 1. The lowest BCUT2D eigenvalue weighted by Gasteiger charge is -2.33. The van der Waals surface area contributed by atoms with Crippen LogP contribution in [0.5, 0.6) is 0 Å². The van der Waals surface area contributed by atoms with Crippen molar-refractivity contribution in [3.63, 3.8) is 0 Å². The van der Waals surface area contributed by atoms with E-state index in [0.717, 1.165) is 29.4 Å². The minimum atomic E-state index is 0.732. The Bertz CT molecular complexity index is 809. The second kappa shape index (κ2) is 6.96. The fourth-order valence-electron chi connectivity index (χ4n) is 3.76. The molecule has 4 heteroatoms. The van der Waals surface area contributed by atoms with Gasteiger partial charge in [-0.05, 0) is 67.1 Å². The van der Waals surface area contributed by atoms with E-state index < -0.39 is 0 Å². The summed E-state index contributed by atoms with van der Waals surface area (Å²) in [6.45, 7) is 3.39. The van der Waals surface area contributed by atoms with Crippen molar-refractivity contribution in [2.75, 3.05) is 13.1 Å². The summed E-state index contributed by atoms with van der Waals surface area (Å²) in [7, 11) is 0. The maximum Gasteiger partial charge on any atom is 0.0650 e. The van der Waals surface area contributed by atoms with Crippen LogP contribution in [0.15, 0.2) is 48.7 Å². The molecule has 1 fully saturated rings. The molecule has 0 aliphatic carbocycles. The Hall–Kier alpha value is -1.84. The minimum absolute atomic E-state index is 0.732. The van der Waals surface area contributed by atoms with Gasteiger partial charge in [-0.3, -0.25) is 10.00 Å². The van der Waals surface area contributed by atoms with Gasteiger partial charge in [0.2, 0.25) is 0 Å². The number of hydrogen-bond acceptors (Lipinski definition) is 2. The molecule has 1 atom stereocenters. The summed E-state index contributed by atoms with van der Waals surface area (Å²) in [5, 5.41) is 9.15. The van der Waals surface area contributed by atoms with E-state index in [1.807, 2.05) is 18.3 Å². The third kappa shape index (κ3) is 3.63. The summed E-state index contributed by atoms with van der Waals surface area (Å²) in [5.74, 6) is 0.732. The third-order valence-electron chi connectivity index (χ3n) is 4.95. The predicted molar refractivity (Wildman–Crippen MR) is 99.3 cm³/mol. The van der Waals surface area contributed by atoms with Gasteiger partial charge in [-0.15, -0.1) is 0 Å². The zero-order valence-electron chi connectivity index (χ0n) is 13.7. The highest BCUT2D eigenvalue weighted by Gasteiger charge is 2.20. The number of benzene rings is 2. The molecule has 0 radical (unpaired) electrons. The molecule has 3 nitrogen and oxygen atoms in total. The largest absolute Gasteiger partial charge is 0.299 e. The van der Waals surface area contributed by atoms with Crippen LogP contribution in [0.3, 0.4) is 0 Å². The van der Waals surface area contributed by atoms with E-state index >= 15 is 0 Å². The number of nitrogens with one attached hydrogen (secondary N) is 1. The topological polar surface area (TPSA) is 31.9 Å². The highest BCUT2D eigenvalue weighted by molar-refractivity contribution is 6.30. The van der Waals surface area contributed by atoms with Gasteiger partial charge < -0.3 is 0 Å². The van der Waals surface area contributed by atoms with Gasteiger partial charge in [-0.1, -0.05) is 29.8 Å². The Kier molecular flexibility index (Phi) is 4.54. The van der Waals surface area contributed by atoms with E-state index in [-0.39, 0.29) is 0 Å². The molecule has 0 saturated carbocycles. The lowest BCUT2D eigenvalue weighted by molar-refractivity contribution is 0.167. The van der Waals surface area contributed by atoms with Crippen LogP contribution in [0.2, 0.25) is 5.02 Å². The molecular weight excluding hydrogens is 318 g/mol. The molecule has 1 aromatic heterocycles. The number of piperidine rings is 1. The Labute approximate surface area is 147 Å². The van der Waals surface area contributed by atoms with E-state index in [2.05, 4.69) is 45.4 Å². The molecule has 2 aromatic carbocycles. The molecule has 3 aromatic rings. The van der Waals surface area contributed by atoms with Crippen molar-refractivity contribution in [3.05, 3.63) is 64.8 Å². The Morgan fingerprint density at radius 1 is 1.12 bits per heavy atom. The number of H-pyrrole nitrogens is 1. The second-order valence-electron chi connectivity index (χ2n) is 6.87. The normalized spacial score (nSPS) is 19.0. The van der Waals surface area contributed by atoms with Gasteiger partial charge in [-0.2, -0.15) is 5.10 Å². The SMILES string of the molecule is Clc1ccc(CN2CCC[C@@H](Cc3ccc4[nH]ncc4c3)C2)cc1. The molecule has 1 N–H and O–H groups in total. The van der Waals surface area contributed by atoms with Crippen LogP contribution in [-0.2, 0) is 13.0 Å². The highest BCUT2D eigenvalue weighted by atomic mass is 35.5. The van der Waals surface area contributed by atoms with Crippen LogP contribution in [0.1, 0.15) is 24.0 Å². The summed E-state index contributed by atoms with van der Waals surface area (Å²) in [6, 6.07) is 14.9. The van der Waals surface area contributed by atoms with E-state index in [1.54, 1.807) is 0 Å². The van der Waals surface area contributed by atoms with Gasteiger partial charge in [0, 0.05) is 23.5 Å². The van der Waals surface area contributed by atoms with Crippen LogP contribution in [0.4, 0.5) is 0 Å². The zero-order chi connectivity index (χ0) is 16.4. The molecule has 1 aliphatic rings. The number of halogens is 1. The first-order valence-corrected chi connectivity index (χ1v) is 9.03. The average molecular weight is 340 g/mol. The minimum Gasteiger partial charge on any atom is -0.299 e. The standard InChI is InChI=1S/C20H22ClN3/c21-19-6-3-15(4-7-19)13-24-9-1-2-17(14-24)10-16-5-8-20-18(11-16)12-22-23-20/h3-8,11-12,17H,1-2,9-10,13-14H2,(H,22,23)/t17-/m0/s1. The van der Waals surface area contributed by atoms with Gasteiger partial charge in [-0.25, -0.2) is 0 Å². The molecule has 1 saturated heterocycles. The maximum atomic E-state index is 5.98. The van der Waals surface area contributed by atoms with E-state index in [9.17, 15) is 0 Å². The Morgan fingerprint density at radius 3 is 2.83 bits per heavy atom. The summed E-state index contributed by atoms with van der Waals surface area (Å²) in [4.78, 5) is 2.58. The van der Waals surface area contributed by atoms with E-state index in [0.29, 0.717) is 0 Å². The first kappa shape index (κ1) is 15.7. The van der Waals surface area contributed by atoms with Crippen LogP contribution in [0, 0.1) is 5.92 Å². The number of aromatic nitrogens is 2. The van der Waals surface area contributed by atoms with Gasteiger partial charge in [0.1, 0.15) is 0 Å². The summed E-state index contributed by atoms with van der Waals surface area (Å²) < 4.78 is 0. The van der Waals surface area contributed by atoms with Gasteiger partial charge in [0.25, 0.3) is 0 Å². The monoisotopic (exact) mass is 339 g/mol. The number of hydrogen-bond donors (Lipinski definition) is 1. The zero-order valence-corrected chi connectivity index (χ0v) is 14.5. The number of rotatable bonds is 4. The summed E-state index contributed by atoms with van der Waals surface area (Å²) in [6.07, 6.45) is 5.66. The second-order valence-corrected chi connectivity index (χ2v) is 7.30. The fourth-order valence-corrected chi connectivity index (χ4v) is 3.89. The van der Waals surface area contributed by atoms with Crippen LogP contribution >= 0.6 is 11.6 Å². The molecule has 24 heavy (non-hydrogen) atoms. The van der Waals surface area contributed by atoms with Crippen molar-refractivity contribution < 1.29 is 0 Å². The quantitative estimate of drug-likeness (QED) is 0.749. The van der Waals surface area contributed by atoms with Gasteiger partial charge in [0.05, 0.1) is 11.7 Å². The fraction of sp³-hybridized carbons (Fsp3) is 0.350. The molecule has 124 valence electrons. The van der Waals surface area contributed by atoms with Gasteiger partial charge in [0.15, 0.2) is 0 Å². The summed E-state index contributed by atoms with van der Waals surface area (Å²) in [5.41, 5.74) is 3.88. The van der Waals surface area contributed by atoms with Gasteiger partial charge >= 0.3 is 0 Å². The molecule has 2 heterocycles. The van der Waals surface area contributed by atoms with Crippen molar-refractivity contribution in [3.8, 4) is 0 Å². The first-order valence-electron chi connectivity index (χ1n) is 8.65. The molecular formula is C20H22ClN3. The van der Waals surface area contributed by atoms with E-state index in [4.69, 9.17) is 11.6 Å². The highest BCUT2D eigenvalue weighted by Crippen LogP contribution is 2.24.